The van der Waals surface area contributed by atoms with Crippen LogP contribution in [0.1, 0.15) is 22.8 Å². The Morgan fingerprint density at radius 1 is 1.46 bits per heavy atom. The van der Waals surface area contributed by atoms with Gasteiger partial charge in [0.05, 0.1) is 0 Å². The zero-order valence-corrected chi connectivity index (χ0v) is 7.73. The third-order valence-electron chi connectivity index (χ3n) is 1.82. The summed E-state index contributed by atoms with van der Waals surface area (Å²) < 4.78 is 13.0. The topological polar surface area (TPSA) is 17.1 Å². The Labute approximate surface area is 76.9 Å². The van der Waals surface area contributed by atoms with Crippen LogP contribution in [0, 0.1) is 12.7 Å². The lowest BCUT2D eigenvalue weighted by Crippen LogP contribution is -2.00. The van der Waals surface area contributed by atoms with E-state index in [4.69, 9.17) is 0 Å². The summed E-state index contributed by atoms with van der Waals surface area (Å²) in [6.07, 6.45) is 0. The summed E-state index contributed by atoms with van der Waals surface area (Å²) in [6.45, 7) is 6.78. The highest BCUT2D eigenvalue weighted by molar-refractivity contribution is 6.07. The van der Waals surface area contributed by atoms with E-state index in [9.17, 15) is 9.18 Å². The molecule has 0 atom stereocenters. The predicted octanol–water partition coefficient (Wildman–Crippen LogP) is 2.89. The molecule has 1 aromatic rings. The van der Waals surface area contributed by atoms with Gasteiger partial charge in [0.15, 0.2) is 5.78 Å². The zero-order valence-electron chi connectivity index (χ0n) is 7.73. The fourth-order valence-corrected chi connectivity index (χ4v) is 0.980. The number of benzene rings is 1. The predicted molar refractivity (Wildman–Crippen MR) is 50.3 cm³/mol. The quantitative estimate of drug-likeness (QED) is 0.502. The second-order valence-corrected chi connectivity index (χ2v) is 3.07. The smallest absolute Gasteiger partial charge is 0.188 e. The van der Waals surface area contributed by atoms with Crippen molar-refractivity contribution in [3.63, 3.8) is 0 Å². The van der Waals surface area contributed by atoms with Crippen LogP contribution in [0.4, 0.5) is 4.39 Å². The summed E-state index contributed by atoms with van der Waals surface area (Å²) in [5.41, 5.74) is 1.32. The van der Waals surface area contributed by atoms with Crippen LogP contribution >= 0.6 is 0 Å². The van der Waals surface area contributed by atoms with Gasteiger partial charge in [-0.05, 0) is 31.1 Å². The number of rotatable bonds is 2. The van der Waals surface area contributed by atoms with Crippen LogP contribution in [0.3, 0.4) is 0 Å². The molecule has 0 saturated heterocycles. The van der Waals surface area contributed by atoms with Crippen molar-refractivity contribution in [3.05, 3.63) is 47.3 Å². The molecule has 0 aliphatic rings. The van der Waals surface area contributed by atoms with Crippen LogP contribution in [0.2, 0.25) is 0 Å². The second kappa shape index (κ2) is 3.52. The molecule has 0 amide bonds. The Kier molecular flexibility index (Phi) is 2.61. The maximum absolute atomic E-state index is 13.0. The van der Waals surface area contributed by atoms with Gasteiger partial charge in [0.1, 0.15) is 5.82 Å². The normalized spacial score (nSPS) is 9.77. The zero-order chi connectivity index (χ0) is 10.0. The number of ketones is 1. The highest BCUT2D eigenvalue weighted by Crippen LogP contribution is 2.12. The van der Waals surface area contributed by atoms with Crippen molar-refractivity contribution >= 4 is 5.78 Å². The fourth-order valence-electron chi connectivity index (χ4n) is 0.980. The largest absolute Gasteiger partial charge is 0.289 e. The third kappa shape index (κ3) is 2.02. The number of carbonyl (C=O) groups excluding carboxylic acids is 1. The van der Waals surface area contributed by atoms with E-state index >= 15 is 0 Å². The van der Waals surface area contributed by atoms with Crippen molar-refractivity contribution in [3.8, 4) is 0 Å². The van der Waals surface area contributed by atoms with E-state index in [2.05, 4.69) is 6.58 Å². The summed E-state index contributed by atoms with van der Waals surface area (Å²) >= 11 is 0. The van der Waals surface area contributed by atoms with Gasteiger partial charge in [0, 0.05) is 5.56 Å². The maximum Gasteiger partial charge on any atom is 0.188 e. The van der Waals surface area contributed by atoms with Crippen LogP contribution in [0.15, 0.2) is 30.4 Å². The van der Waals surface area contributed by atoms with Gasteiger partial charge in [-0.2, -0.15) is 0 Å². The van der Waals surface area contributed by atoms with Crippen molar-refractivity contribution < 1.29 is 9.18 Å². The number of halogens is 1. The minimum absolute atomic E-state index is 0.209. The molecule has 0 aliphatic carbocycles. The molecule has 1 nitrogen and oxygen atoms in total. The van der Waals surface area contributed by atoms with E-state index in [1.807, 2.05) is 0 Å². The lowest BCUT2D eigenvalue weighted by Gasteiger charge is -2.01. The average Bonchev–Trinajstić information content (AvgIpc) is 2.08. The minimum atomic E-state index is -0.355. The monoisotopic (exact) mass is 178 g/mol. The van der Waals surface area contributed by atoms with E-state index in [-0.39, 0.29) is 11.6 Å². The molecule has 0 saturated carbocycles. The van der Waals surface area contributed by atoms with Crippen molar-refractivity contribution in [2.45, 2.75) is 13.8 Å². The van der Waals surface area contributed by atoms with Crippen LogP contribution in [-0.2, 0) is 0 Å². The molecular weight excluding hydrogens is 167 g/mol. The number of hydrogen-bond acceptors (Lipinski definition) is 1. The maximum atomic E-state index is 13.0. The van der Waals surface area contributed by atoms with Gasteiger partial charge in [0.2, 0.25) is 0 Å². The molecule has 0 spiro atoms. The fraction of sp³-hybridized carbons (Fsp3) is 0.182. The SMILES string of the molecule is C=C(C)C(=O)c1ccc(C)c(F)c1. The Morgan fingerprint density at radius 3 is 2.54 bits per heavy atom. The molecule has 0 aromatic heterocycles. The van der Waals surface area contributed by atoms with E-state index in [0.29, 0.717) is 16.7 Å². The van der Waals surface area contributed by atoms with Gasteiger partial charge < -0.3 is 0 Å². The van der Waals surface area contributed by atoms with Gasteiger partial charge >= 0.3 is 0 Å². The first-order chi connectivity index (χ1) is 6.02. The molecule has 0 radical (unpaired) electrons. The number of allylic oxidation sites excluding steroid dienone is 1. The van der Waals surface area contributed by atoms with Gasteiger partial charge in [-0.25, -0.2) is 4.39 Å². The Morgan fingerprint density at radius 2 is 2.08 bits per heavy atom. The molecule has 0 N–H and O–H groups in total. The van der Waals surface area contributed by atoms with Crippen LogP contribution in [0.25, 0.3) is 0 Å². The lowest BCUT2D eigenvalue weighted by atomic mass is 10.0. The summed E-state index contributed by atoms with van der Waals surface area (Å²) in [5, 5.41) is 0. The second-order valence-electron chi connectivity index (χ2n) is 3.07. The molecule has 1 aromatic carbocycles. The van der Waals surface area contributed by atoms with Crippen molar-refractivity contribution in [2.24, 2.45) is 0 Å². The lowest BCUT2D eigenvalue weighted by molar-refractivity contribution is 0.103. The van der Waals surface area contributed by atoms with Gasteiger partial charge in [-0.1, -0.05) is 18.7 Å². The molecule has 0 aliphatic heterocycles. The Balaban J connectivity index is 3.11. The first-order valence-electron chi connectivity index (χ1n) is 3.98. The summed E-state index contributed by atoms with van der Waals surface area (Å²) in [4.78, 5) is 11.3. The summed E-state index contributed by atoms with van der Waals surface area (Å²) in [5.74, 6) is -0.564. The van der Waals surface area contributed by atoms with Crippen LogP contribution in [-0.4, -0.2) is 5.78 Å². The Bertz CT molecular complexity index is 366. The molecule has 13 heavy (non-hydrogen) atoms. The molecule has 68 valence electrons. The molecule has 0 fully saturated rings. The van der Waals surface area contributed by atoms with Crippen LogP contribution < -0.4 is 0 Å². The molecule has 0 heterocycles. The first kappa shape index (κ1) is 9.65. The summed E-state index contributed by atoms with van der Waals surface area (Å²) in [6, 6.07) is 4.44. The third-order valence-corrected chi connectivity index (χ3v) is 1.82. The van der Waals surface area contributed by atoms with Crippen molar-refractivity contribution in [1.82, 2.24) is 0 Å². The molecule has 0 bridgehead atoms. The standard InChI is InChI=1S/C11H11FO/c1-7(2)11(13)9-5-4-8(3)10(12)6-9/h4-6H,1H2,2-3H3. The van der Waals surface area contributed by atoms with Gasteiger partial charge in [-0.15, -0.1) is 0 Å². The van der Waals surface area contributed by atoms with E-state index in [0.717, 1.165) is 0 Å². The number of aryl methyl sites for hydroxylation is 1. The molecule has 1 rings (SSSR count). The highest BCUT2D eigenvalue weighted by Gasteiger charge is 2.07. The van der Waals surface area contributed by atoms with E-state index in [1.54, 1.807) is 26.0 Å². The van der Waals surface area contributed by atoms with E-state index in [1.165, 1.54) is 6.07 Å². The molecule has 2 heteroatoms. The average molecular weight is 178 g/mol. The minimum Gasteiger partial charge on any atom is -0.289 e. The molecule has 0 unspecified atom stereocenters. The molecular formula is C11H11FO. The summed E-state index contributed by atoms with van der Waals surface area (Å²) in [7, 11) is 0. The number of Topliss-reactive ketones (excluding diaryl/α,β-unsaturated/α-hetero) is 1. The van der Waals surface area contributed by atoms with Crippen molar-refractivity contribution in [1.29, 1.82) is 0 Å². The van der Waals surface area contributed by atoms with Crippen molar-refractivity contribution in [2.75, 3.05) is 0 Å². The Hall–Kier alpha value is -1.44. The number of hydrogen-bond donors (Lipinski definition) is 0. The van der Waals surface area contributed by atoms with Gasteiger partial charge in [-0.3, -0.25) is 4.79 Å². The van der Waals surface area contributed by atoms with Crippen LogP contribution in [0.5, 0.6) is 0 Å². The first-order valence-corrected chi connectivity index (χ1v) is 3.98. The number of carbonyl (C=O) groups is 1. The highest BCUT2D eigenvalue weighted by atomic mass is 19.1. The van der Waals surface area contributed by atoms with E-state index < -0.39 is 0 Å². The van der Waals surface area contributed by atoms with Gasteiger partial charge in [0.25, 0.3) is 0 Å².